The Morgan fingerprint density at radius 3 is 3.04 bits per heavy atom. The Labute approximate surface area is 149 Å². The highest BCUT2D eigenvalue weighted by atomic mass is 79.9. The van der Waals surface area contributed by atoms with E-state index in [9.17, 15) is 9.59 Å². The second-order valence-corrected chi connectivity index (χ2v) is 8.01. The number of quaternary nitrogens is 1. The lowest BCUT2D eigenvalue weighted by Gasteiger charge is -2.29. The first-order valence-electron chi connectivity index (χ1n) is 8.64. The fraction of sp³-hybridized carbons (Fsp3) is 0.556. The van der Waals surface area contributed by atoms with Crippen molar-refractivity contribution in [2.45, 2.75) is 44.7 Å². The first kappa shape index (κ1) is 16.1. The Morgan fingerprint density at radius 1 is 1.50 bits per heavy atom. The van der Waals surface area contributed by atoms with Gasteiger partial charge in [0.05, 0.1) is 18.8 Å². The minimum absolute atomic E-state index is 0.0346. The SMILES string of the molecule is CCOC(=O)[C@@H]1C[C@]2(C(=O)Nc3c(C)cc(Br)cc32)[NH+]2CCC[C@@H]12. The van der Waals surface area contributed by atoms with E-state index in [0.717, 1.165) is 40.7 Å². The summed E-state index contributed by atoms with van der Waals surface area (Å²) >= 11 is 3.57. The summed E-state index contributed by atoms with van der Waals surface area (Å²) in [6.45, 7) is 5.16. The predicted octanol–water partition coefficient (Wildman–Crippen LogP) is 1.54. The molecule has 0 aromatic heterocycles. The van der Waals surface area contributed by atoms with Crippen molar-refractivity contribution >= 4 is 33.5 Å². The maximum atomic E-state index is 13.1. The van der Waals surface area contributed by atoms with Crippen LogP contribution in [0.5, 0.6) is 0 Å². The van der Waals surface area contributed by atoms with E-state index >= 15 is 0 Å². The number of hydrogen-bond acceptors (Lipinski definition) is 3. The average molecular weight is 394 g/mol. The molecular formula is C18H22BrN2O3+. The average Bonchev–Trinajstić information content (AvgIpc) is 3.17. The molecule has 3 aliphatic rings. The summed E-state index contributed by atoms with van der Waals surface area (Å²) in [4.78, 5) is 26.8. The van der Waals surface area contributed by atoms with Gasteiger partial charge in [-0.25, -0.2) is 0 Å². The van der Waals surface area contributed by atoms with Gasteiger partial charge in [-0.05, 0) is 31.5 Å². The van der Waals surface area contributed by atoms with Gasteiger partial charge < -0.3 is 15.0 Å². The van der Waals surface area contributed by atoms with E-state index in [2.05, 4.69) is 27.3 Å². The summed E-state index contributed by atoms with van der Waals surface area (Å²) in [6, 6.07) is 4.25. The van der Waals surface area contributed by atoms with Crippen LogP contribution in [0.25, 0.3) is 0 Å². The molecule has 4 rings (SSSR count). The number of halogens is 1. The van der Waals surface area contributed by atoms with Gasteiger partial charge in [-0.3, -0.25) is 9.59 Å². The van der Waals surface area contributed by atoms with E-state index in [4.69, 9.17) is 4.74 Å². The van der Waals surface area contributed by atoms with Crippen molar-refractivity contribution in [3.8, 4) is 0 Å². The fourth-order valence-corrected chi connectivity index (χ4v) is 5.63. The van der Waals surface area contributed by atoms with Gasteiger partial charge in [0, 0.05) is 29.3 Å². The maximum Gasteiger partial charge on any atom is 0.315 e. The Hall–Kier alpha value is -1.40. The maximum absolute atomic E-state index is 13.1. The molecule has 1 aromatic rings. The Balaban J connectivity index is 1.84. The van der Waals surface area contributed by atoms with Gasteiger partial charge >= 0.3 is 5.97 Å². The van der Waals surface area contributed by atoms with Gasteiger partial charge in [0.15, 0.2) is 0 Å². The number of benzene rings is 1. The quantitative estimate of drug-likeness (QED) is 0.749. The normalized spacial score (nSPS) is 33.5. The Kier molecular flexibility index (Phi) is 3.73. The van der Waals surface area contributed by atoms with E-state index in [1.165, 1.54) is 4.90 Å². The van der Waals surface area contributed by atoms with E-state index < -0.39 is 5.54 Å². The van der Waals surface area contributed by atoms with Gasteiger partial charge in [0.25, 0.3) is 5.91 Å². The molecule has 1 amide bonds. The molecule has 0 saturated carbocycles. The van der Waals surface area contributed by atoms with Crippen LogP contribution in [-0.2, 0) is 19.9 Å². The second kappa shape index (κ2) is 5.56. The molecule has 0 bridgehead atoms. The number of hydrogen-bond donors (Lipinski definition) is 2. The third-order valence-corrected chi connectivity index (χ3v) is 6.40. The Bertz CT molecular complexity index is 735. The summed E-state index contributed by atoms with van der Waals surface area (Å²) in [7, 11) is 0. The third kappa shape index (κ3) is 2.02. The molecule has 4 atom stereocenters. The van der Waals surface area contributed by atoms with Crippen LogP contribution in [-0.4, -0.2) is 31.1 Å². The molecule has 2 saturated heterocycles. The van der Waals surface area contributed by atoms with E-state index in [1.807, 2.05) is 19.9 Å². The topological polar surface area (TPSA) is 59.8 Å². The van der Waals surface area contributed by atoms with Crippen LogP contribution in [0.1, 0.15) is 37.3 Å². The van der Waals surface area contributed by atoms with Gasteiger partial charge in [-0.15, -0.1) is 0 Å². The highest BCUT2D eigenvalue weighted by Gasteiger charge is 2.67. The molecular weight excluding hydrogens is 372 g/mol. The summed E-state index contributed by atoms with van der Waals surface area (Å²) in [5, 5.41) is 3.10. The lowest BCUT2D eigenvalue weighted by Crippen LogP contribution is -3.19. The number of fused-ring (bicyclic) bond motifs is 4. The minimum atomic E-state index is -0.650. The van der Waals surface area contributed by atoms with Gasteiger partial charge in [-0.1, -0.05) is 15.9 Å². The van der Waals surface area contributed by atoms with Crippen molar-refractivity contribution in [2.75, 3.05) is 18.5 Å². The van der Waals surface area contributed by atoms with Crippen molar-refractivity contribution in [1.82, 2.24) is 0 Å². The number of carbonyl (C=O) groups excluding carboxylic acids is 2. The molecule has 2 fully saturated rings. The zero-order chi connectivity index (χ0) is 17.1. The summed E-state index contributed by atoms with van der Waals surface area (Å²) < 4.78 is 6.29. The van der Waals surface area contributed by atoms with Crippen LogP contribution in [0.2, 0.25) is 0 Å². The highest BCUT2D eigenvalue weighted by Crippen LogP contribution is 2.46. The molecule has 1 aromatic carbocycles. The minimum Gasteiger partial charge on any atom is -0.466 e. The molecule has 0 aliphatic carbocycles. The molecule has 1 spiro atoms. The van der Waals surface area contributed by atoms with Crippen LogP contribution in [0.4, 0.5) is 5.69 Å². The number of carbonyl (C=O) groups is 2. The standard InChI is InChI=1S/C18H21BrN2O3/c1-3-24-16(22)12-9-18(21-6-4-5-14(12)21)13-8-11(19)7-10(2)15(13)20-17(18)23/h7-8,12,14H,3-6,9H2,1-2H3,(H,20,23)/p+1/t12-,14+,18+/m1/s1. The molecule has 5 nitrogen and oxygen atoms in total. The van der Waals surface area contributed by atoms with Gasteiger partial charge in [-0.2, -0.15) is 0 Å². The van der Waals surface area contributed by atoms with Gasteiger partial charge in [0.1, 0.15) is 12.0 Å². The van der Waals surface area contributed by atoms with Crippen LogP contribution in [0.15, 0.2) is 16.6 Å². The smallest absolute Gasteiger partial charge is 0.315 e. The number of aryl methyl sites for hydroxylation is 1. The first-order valence-corrected chi connectivity index (χ1v) is 9.43. The lowest BCUT2D eigenvalue weighted by molar-refractivity contribution is -0.947. The summed E-state index contributed by atoms with van der Waals surface area (Å²) in [5.74, 6) is -0.308. The van der Waals surface area contributed by atoms with Crippen molar-refractivity contribution < 1.29 is 19.2 Å². The van der Waals surface area contributed by atoms with E-state index in [-0.39, 0.29) is 23.8 Å². The highest BCUT2D eigenvalue weighted by molar-refractivity contribution is 9.10. The van der Waals surface area contributed by atoms with Gasteiger partial charge in [0.2, 0.25) is 5.54 Å². The molecule has 6 heteroatoms. The number of ether oxygens (including phenoxy) is 1. The molecule has 2 N–H and O–H groups in total. The molecule has 3 heterocycles. The number of amides is 1. The fourth-order valence-electron chi connectivity index (χ4n) is 5.06. The van der Waals surface area contributed by atoms with Crippen molar-refractivity contribution in [3.05, 3.63) is 27.7 Å². The summed E-state index contributed by atoms with van der Waals surface area (Å²) in [5.41, 5.74) is 2.36. The lowest BCUT2D eigenvalue weighted by atomic mass is 9.84. The Morgan fingerprint density at radius 2 is 2.29 bits per heavy atom. The first-order chi connectivity index (χ1) is 11.5. The largest absolute Gasteiger partial charge is 0.466 e. The van der Waals surface area contributed by atoms with E-state index in [0.29, 0.717) is 13.0 Å². The zero-order valence-electron chi connectivity index (χ0n) is 13.9. The van der Waals surface area contributed by atoms with Crippen LogP contribution in [0.3, 0.4) is 0 Å². The molecule has 0 radical (unpaired) electrons. The van der Waals surface area contributed by atoms with Crippen molar-refractivity contribution in [2.24, 2.45) is 5.92 Å². The summed E-state index contributed by atoms with van der Waals surface area (Å²) in [6.07, 6.45) is 2.57. The second-order valence-electron chi connectivity index (χ2n) is 7.09. The van der Waals surface area contributed by atoms with Crippen LogP contribution < -0.4 is 10.2 Å². The monoisotopic (exact) mass is 393 g/mol. The van der Waals surface area contributed by atoms with Crippen molar-refractivity contribution in [1.29, 1.82) is 0 Å². The number of anilines is 1. The zero-order valence-corrected chi connectivity index (χ0v) is 15.5. The molecule has 24 heavy (non-hydrogen) atoms. The van der Waals surface area contributed by atoms with Crippen LogP contribution in [0, 0.1) is 12.8 Å². The number of esters is 1. The van der Waals surface area contributed by atoms with Crippen LogP contribution >= 0.6 is 15.9 Å². The third-order valence-electron chi connectivity index (χ3n) is 5.94. The molecule has 128 valence electrons. The van der Waals surface area contributed by atoms with E-state index in [1.54, 1.807) is 0 Å². The number of nitrogens with one attached hydrogen (secondary N) is 2. The predicted molar refractivity (Wildman–Crippen MR) is 92.8 cm³/mol. The van der Waals surface area contributed by atoms with Crippen molar-refractivity contribution in [3.63, 3.8) is 0 Å². The molecule has 3 aliphatic heterocycles. The molecule has 1 unspecified atom stereocenters. The number of rotatable bonds is 2.